The molecule has 1 aromatic heterocycles. The van der Waals surface area contributed by atoms with E-state index in [2.05, 4.69) is 4.98 Å². The molecule has 0 spiro atoms. The molecule has 6 nitrogen and oxygen atoms in total. The minimum absolute atomic E-state index is 0.161. The third-order valence-corrected chi connectivity index (χ3v) is 7.44. The van der Waals surface area contributed by atoms with Gasteiger partial charge in [-0.25, -0.2) is 21.8 Å². The number of hydrogen-bond donors (Lipinski definition) is 0. The predicted molar refractivity (Wildman–Crippen MR) is 89.7 cm³/mol. The summed E-state index contributed by atoms with van der Waals surface area (Å²) in [5.41, 5.74) is 0.995. The molecule has 2 aromatic rings. The summed E-state index contributed by atoms with van der Waals surface area (Å²) in [6.07, 6.45) is 1.60. The van der Waals surface area contributed by atoms with Crippen molar-refractivity contribution < 1.29 is 16.8 Å². The van der Waals surface area contributed by atoms with Gasteiger partial charge >= 0.3 is 0 Å². The summed E-state index contributed by atoms with van der Waals surface area (Å²) in [6.45, 7) is 0. The summed E-state index contributed by atoms with van der Waals surface area (Å²) in [7, 11) is -8.03. The number of hydrogen-bond acceptors (Lipinski definition) is 6. The second-order valence-corrected chi connectivity index (χ2v) is 9.91. The number of anilines is 1. The SMILES string of the molecule is CS(=O)(=O)N(c1nc(-c2ccc(Cl)c(Cl)c2)cs1)S(C)(=O)=O. The number of halogens is 2. The standard InChI is InChI=1S/C11H10Cl2N2O4S3/c1-21(16,17)15(22(2,18)19)11-14-10(6-20-11)7-3-4-8(12)9(13)5-7/h3-6H,1-2H3. The van der Waals surface area contributed by atoms with Crippen molar-refractivity contribution in [3.63, 3.8) is 0 Å². The van der Waals surface area contributed by atoms with Gasteiger partial charge in [0.25, 0.3) is 0 Å². The van der Waals surface area contributed by atoms with Crippen LogP contribution in [0.4, 0.5) is 5.13 Å². The van der Waals surface area contributed by atoms with Gasteiger partial charge in [0.05, 0.1) is 28.3 Å². The quantitative estimate of drug-likeness (QED) is 0.787. The van der Waals surface area contributed by atoms with Crippen molar-refractivity contribution in [2.75, 3.05) is 16.2 Å². The monoisotopic (exact) mass is 400 g/mol. The normalized spacial score (nSPS) is 12.4. The molecule has 0 radical (unpaired) electrons. The van der Waals surface area contributed by atoms with E-state index in [1.54, 1.807) is 18.2 Å². The Hall–Kier alpha value is -0.870. The van der Waals surface area contributed by atoms with Gasteiger partial charge < -0.3 is 0 Å². The molecule has 1 heterocycles. The highest BCUT2D eigenvalue weighted by Crippen LogP contribution is 2.33. The van der Waals surface area contributed by atoms with Crippen LogP contribution in [0.1, 0.15) is 0 Å². The van der Waals surface area contributed by atoms with E-state index in [4.69, 9.17) is 23.2 Å². The van der Waals surface area contributed by atoms with E-state index >= 15 is 0 Å². The highest BCUT2D eigenvalue weighted by molar-refractivity contribution is 8.09. The van der Waals surface area contributed by atoms with E-state index in [-0.39, 0.29) is 5.13 Å². The lowest BCUT2D eigenvalue weighted by Gasteiger charge is -2.15. The molecule has 0 saturated carbocycles. The van der Waals surface area contributed by atoms with E-state index in [1.807, 2.05) is 0 Å². The van der Waals surface area contributed by atoms with Gasteiger partial charge in [-0.05, 0) is 12.1 Å². The zero-order valence-electron chi connectivity index (χ0n) is 11.3. The average molecular weight is 401 g/mol. The predicted octanol–water partition coefficient (Wildman–Crippen LogP) is 2.84. The Bertz CT molecular complexity index is 891. The fraction of sp³-hybridized carbons (Fsp3) is 0.182. The van der Waals surface area contributed by atoms with Crippen molar-refractivity contribution in [3.8, 4) is 11.3 Å². The molecular formula is C11H10Cl2N2O4S3. The summed E-state index contributed by atoms with van der Waals surface area (Å²) < 4.78 is 47.1. The van der Waals surface area contributed by atoms with Crippen molar-refractivity contribution in [1.82, 2.24) is 4.98 Å². The minimum Gasteiger partial charge on any atom is -0.218 e. The summed E-state index contributed by atoms with van der Waals surface area (Å²) in [6, 6.07) is 4.79. The van der Waals surface area contributed by atoms with Crippen molar-refractivity contribution >= 4 is 59.7 Å². The Morgan fingerprint density at radius 1 is 1.05 bits per heavy atom. The van der Waals surface area contributed by atoms with Gasteiger partial charge in [0.15, 0.2) is 0 Å². The molecular weight excluding hydrogens is 391 g/mol. The van der Waals surface area contributed by atoms with Gasteiger partial charge in [-0.3, -0.25) is 0 Å². The fourth-order valence-electron chi connectivity index (χ4n) is 1.67. The van der Waals surface area contributed by atoms with Crippen molar-refractivity contribution in [3.05, 3.63) is 33.6 Å². The number of aromatic nitrogens is 1. The van der Waals surface area contributed by atoms with Crippen LogP contribution in [0.15, 0.2) is 23.6 Å². The van der Waals surface area contributed by atoms with Crippen LogP contribution >= 0.6 is 34.5 Å². The molecule has 0 bridgehead atoms. The number of nitrogens with zero attached hydrogens (tertiary/aromatic N) is 2. The largest absolute Gasteiger partial charge is 0.247 e. The smallest absolute Gasteiger partial charge is 0.218 e. The maximum absolute atomic E-state index is 11.7. The van der Waals surface area contributed by atoms with E-state index in [1.165, 1.54) is 5.38 Å². The zero-order chi connectivity index (χ0) is 16.7. The van der Waals surface area contributed by atoms with Crippen molar-refractivity contribution in [2.45, 2.75) is 0 Å². The highest BCUT2D eigenvalue weighted by atomic mass is 35.5. The van der Waals surface area contributed by atoms with Crippen molar-refractivity contribution in [1.29, 1.82) is 0 Å². The number of sulfonamides is 2. The van der Waals surface area contributed by atoms with Crippen LogP contribution in [0.25, 0.3) is 11.3 Å². The lowest BCUT2D eigenvalue weighted by Crippen LogP contribution is -2.35. The van der Waals surface area contributed by atoms with Crippen LogP contribution < -0.4 is 3.71 Å². The topological polar surface area (TPSA) is 84.4 Å². The Morgan fingerprint density at radius 2 is 1.64 bits per heavy atom. The maximum atomic E-state index is 11.7. The lowest BCUT2D eigenvalue weighted by molar-refractivity contribution is 0.590. The molecule has 0 amide bonds. The zero-order valence-corrected chi connectivity index (χ0v) is 15.3. The molecule has 0 atom stereocenters. The Kier molecular flexibility index (Phi) is 4.74. The molecule has 2 rings (SSSR count). The van der Waals surface area contributed by atoms with Gasteiger partial charge in [-0.1, -0.05) is 29.3 Å². The first kappa shape index (κ1) is 17.5. The number of benzene rings is 1. The van der Waals surface area contributed by atoms with Crippen LogP contribution in [-0.2, 0) is 20.0 Å². The third kappa shape index (κ3) is 3.72. The Labute approximate surface area is 142 Å². The van der Waals surface area contributed by atoms with Gasteiger partial charge in [-0.2, -0.15) is 0 Å². The van der Waals surface area contributed by atoms with E-state index in [9.17, 15) is 16.8 Å². The number of thiazole rings is 1. The first-order valence-electron chi connectivity index (χ1n) is 5.61. The van der Waals surface area contributed by atoms with E-state index < -0.39 is 20.0 Å². The molecule has 0 aliphatic rings. The maximum Gasteiger partial charge on any atom is 0.247 e. The molecule has 0 unspecified atom stereocenters. The summed E-state index contributed by atoms with van der Waals surface area (Å²) >= 11 is 12.6. The lowest BCUT2D eigenvalue weighted by atomic mass is 10.2. The van der Waals surface area contributed by atoms with Gasteiger partial charge in [-0.15, -0.1) is 15.0 Å². The van der Waals surface area contributed by atoms with Gasteiger partial charge in [0, 0.05) is 10.9 Å². The molecule has 0 aliphatic carbocycles. The molecule has 11 heteroatoms. The molecule has 0 saturated heterocycles. The molecule has 0 aliphatic heterocycles. The highest BCUT2D eigenvalue weighted by Gasteiger charge is 2.30. The fourth-order valence-corrected chi connectivity index (χ4v) is 6.29. The van der Waals surface area contributed by atoms with Gasteiger partial charge in [0.1, 0.15) is 0 Å². The molecule has 22 heavy (non-hydrogen) atoms. The molecule has 1 aromatic carbocycles. The first-order chi connectivity index (χ1) is 10.00. The first-order valence-corrected chi connectivity index (χ1v) is 10.9. The second-order valence-electron chi connectivity index (χ2n) is 4.37. The molecule has 0 fully saturated rings. The van der Waals surface area contributed by atoms with Crippen LogP contribution in [0.5, 0.6) is 0 Å². The second kappa shape index (κ2) is 5.97. The minimum atomic E-state index is -4.01. The van der Waals surface area contributed by atoms with Gasteiger partial charge in [0.2, 0.25) is 25.2 Å². The molecule has 0 N–H and O–H groups in total. The molecule has 120 valence electrons. The Balaban J connectivity index is 2.53. The van der Waals surface area contributed by atoms with Crippen molar-refractivity contribution in [2.24, 2.45) is 0 Å². The van der Waals surface area contributed by atoms with E-state index in [0.29, 0.717) is 25.0 Å². The van der Waals surface area contributed by atoms with Crippen LogP contribution in [-0.4, -0.2) is 34.3 Å². The van der Waals surface area contributed by atoms with Crippen LogP contribution in [0.3, 0.4) is 0 Å². The summed E-state index contributed by atoms with van der Waals surface area (Å²) in [4.78, 5) is 4.07. The number of rotatable bonds is 4. The van der Waals surface area contributed by atoms with E-state index in [0.717, 1.165) is 23.8 Å². The van der Waals surface area contributed by atoms with Crippen LogP contribution in [0, 0.1) is 0 Å². The summed E-state index contributed by atoms with van der Waals surface area (Å²) in [5.74, 6) is 0. The Morgan fingerprint density at radius 3 is 2.14 bits per heavy atom. The average Bonchev–Trinajstić information content (AvgIpc) is 2.77. The van der Waals surface area contributed by atoms with Crippen LogP contribution in [0.2, 0.25) is 10.0 Å². The summed E-state index contributed by atoms with van der Waals surface area (Å²) in [5, 5.41) is 2.07. The third-order valence-electron chi connectivity index (χ3n) is 2.47.